The second kappa shape index (κ2) is 8.28. The summed E-state index contributed by atoms with van der Waals surface area (Å²) < 4.78 is 37.2. The first kappa shape index (κ1) is 20.9. The Kier molecular flexibility index (Phi) is 5.97. The Hall–Kier alpha value is -2.81. The maximum Gasteiger partial charge on any atom is 0.405 e. The summed E-state index contributed by atoms with van der Waals surface area (Å²) in [5.74, 6) is -0.978. The summed E-state index contributed by atoms with van der Waals surface area (Å²) in [5.41, 5.74) is 2.72. The number of hydrogen-bond donors (Lipinski definition) is 3. The normalized spacial score (nSPS) is 12.9. The van der Waals surface area contributed by atoms with Crippen LogP contribution < -0.4 is 10.6 Å². The summed E-state index contributed by atoms with van der Waals surface area (Å²) in [7, 11) is 0. The molecule has 0 bridgehead atoms. The Morgan fingerprint density at radius 3 is 2.69 bits per heavy atom. The molecular formula is C19H19ClF3N5O. The van der Waals surface area contributed by atoms with Crippen molar-refractivity contribution in [2.75, 3.05) is 11.9 Å². The van der Waals surface area contributed by atoms with Crippen LogP contribution in [-0.4, -0.2) is 39.6 Å². The van der Waals surface area contributed by atoms with Crippen LogP contribution in [0, 0.1) is 5.92 Å². The average Bonchev–Trinajstić information content (AvgIpc) is 3.06. The number of fused-ring (bicyclic) bond motifs is 1. The number of nitrogens with one attached hydrogen (secondary N) is 3. The van der Waals surface area contributed by atoms with Gasteiger partial charge < -0.3 is 15.6 Å². The number of carbonyl (C=O) groups is 1. The maximum absolute atomic E-state index is 12.4. The monoisotopic (exact) mass is 425 g/mol. The lowest BCUT2D eigenvalue weighted by molar-refractivity contribution is -0.139. The highest BCUT2D eigenvalue weighted by Gasteiger charge is 2.30. The van der Waals surface area contributed by atoms with Gasteiger partial charge in [-0.3, -0.25) is 9.78 Å². The number of pyridine rings is 2. The van der Waals surface area contributed by atoms with Crippen molar-refractivity contribution in [3.63, 3.8) is 0 Å². The molecule has 0 saturated heterocycles. The molecule has 0 radical (unpaired) electrons. The average molecular weight is 426 g/mol. The molecule has 3 aromatic rings. The Morgan fingerprint density at radius 1 is 1.24 bits per heavy atom. The fourth-order valence-corrected chi connectivity index (χ4v) is 3.05. The number of carbonyl (C=O) groups excluding carboxylic acids is 1. The molecule has 0 aliphatic carbocycles. The SMILES string of the molecule is CC(C)[C@H](Nc1cncc(-c2c[nH]c3ncc(Cl)cc23)c1)C(=O)NCC(F)(F)F. The Bertz CT molecular complexity index is 1020. The summed E-state index contributed by atoms with van der Waals surface area (Å²) in [6, 6.07) is 2.69. The molecule has 6 nitrogen and oxygen atoms in total. The highest BCUT2D eigenvalue weighted by atomic mass is 35.5. The van der Waals surface area contributed by atoms with Crippen LogP contribution in [0.3, 0.4) is 0 Å². The van der Waals surface area contributed by atoms with E-state index in [1.807, 2.05) is 5.32 Å². The van der Waals surface area contributed by atoms with Gasteiger partial charge in [0.1, 0.15) is 18.2 Å². The van der Waals surface area contributed by atoms with E-state index >= 15 is 0 Å². The first-order valence-corrected chi connectivity index (χ1v) is 9.21. The van der Waals surface area contributed by atoms with Crippen molar-refractivity contribution in [1.29, 1.82) is 0 Å². The third kappa shape index (κ3) is 5.17. The zero-order valence-corrected chi connectivity index (χ0v) is 16.4. The molecule has 10 heteroatoms. The Labute approximate surface area is 169 Å². The number of anilines is 1. The van der Waals surface area contributed by atoms with Gasteiger partial charge in [0.2, 0.25) is 5.91 Å². The number of amides is 1. The number of alkyl halides is 3. The summed E-state index contributed by atoms with van der Waals surface area (Å²) in [5, 5.41) is 6.20. The van der Waals surface area contributed by atoms with Crippen molar-refractivity contribution >= 4 is 34.2 Å². The van der Waals surface area contributed by atoms with Gasteiger partial charge in [-0.2, -0.15) is 13.2 Å². The summed E-state index contributed by atoms with van der Waals surface area (Å²) in [6.07, 6.45) is 1.99. The third-order valence-electron chi connectivity index (χ3n) is 4.28. The number of hydrogen-bond acceptors (Lipinski definition) is 4. The van der Waals surface area contributed by atoms with Crippen molar-refractivity contribution < 1.29 is 18.0 Å². The fourth-order valence-electron chi connectivity index (χ4n) is 2.89. The summed E-state index contributed by atoms with van der Waals surface area (Å²) in [6.45, 7) is 2.11. The molecule has 1 atom stereocenters. The van der Waals surface area contributed by atoms with Crippen LogP contribution in [0.25, 0.3) is 22.2 Å². The molecule has 0 saturated carbocycles. The topological polar surface area (TPSA) is 82.7 Å². The first-order chi connectivity index (χ1) is 13.6. The maximum atomic E-state index is 12.4. The minimum Gasteiger partial charge on any atom is -0.372 e. The molecule has 3 aromatic heterocycles. The highest BCUT2D eigenvalue weighted by Crippen LogP contribution is 2.30. The molecule has 1 amide bonds. The van der Waals surface area contributed by atoms with Crippen LogP contribution in [0.1, 0.15) is 13.8 Å². The number of H-pyrrole nitrogens is 1. The van der Waals surface area contributed by atoms with Crippen molar-refractivity contribution in [3.8, 4) is 11.1 Å². The van der Waals surface area contributed by atoms with Gasteiger partial charge >= 0.3 is 6.18 Å². The standard InChI is InChI=1S/C19H19ClF3N5O/c1-10(2)16(18(29)27-9-19(21,22)23)28-13-3-11(5-24-7-13)15-8-26-17-14(15)4-12(20)6-25-17/h3-8,10,16,28H,9H2,1-2H3,(H,25,26)(H,27,29)/t16-/m0/s1. The summed E-state index contributed by atoms with van der Waals surface area (Å²) in [4.78, 5) is 23.7. The van der Waals surface area contributed by atoms with Gasteiger partial charge in [-0.05, 0) is 18.1 Å². The van der Waals surface area contributed by atoms with Gasteiger partial charge in [-0.1, -0.05) is 25.4 Å². The summed E-state index contributed by atoms with van der Waals surface area (Å²) >= 11 is 6.04. The minimum atomic E-state index is -4.47. The van der Waals surface area contributed by atoms with Crippen molar-refractivity contribution in [2.24, 2.45) is 5.92 Å². The van der Waals surface area contributed by atoms with Crippen LogP contribution in [0.15, 0.2) is 36.9 Å². The lowest BCUT2D eigenvalue weighted by Crippen LogP contribution is -2.46. The molecule has 0 fully saturated rings. The number of halogens is 4. The Morgan fingerprint density at radius 2 is 2.00 bits per heavy atom. The molecule has 3 heterocycles. The lowest BCUT2D eigenvalue weighted by atomic mass is 10.0. The van der Waals surface area contributed by atoms with Crippen LogP contribution in [0.2, 0.25) is 5.02 Å². The van der Waals surface area contributed by atoms with Crippen LogP contribution in [0.5, 0.6) is 0 Å². The van der Waals surface area contributed by atoms with E-state index in [-0.39, 0.29) is 5.92 Å². The number of aromatic amines is 1. The molecule has 0 aliphatic rings. The molecule has 0 aliphatic heterocycles. The predicted molar refractivity (Wildman–Crippen MR) is 106 cm³/mol. The molecule has 154 valence electrons. The molecule has 29 heavy (non-hydrogen) atoms. The largest absolute Gasteiger partial charge is 0.405 e. The van der Waals surface area contributed by atoms with Gasteiger partial charge in [0, 0.05) is 41.3 Å². The Balaban J connectivity index is 1.84. The quantitative estimate of drug-likeness (QED) is 0.547. The van der Waals surface area contributed by atoms with Gasteiger partial charge in [0.05, 0.1) is 10.7 Å². The molecule has 0 unspecified atom stereocenters. The molecule has 0 aromatic carbocycles. The van der Waals surface area contributed by atoms with Crippen molar-refractivity contribution in [2.45, 2.75) is 26.1 Å². The molecular weight excluding hydrogens is 407 g/mol. The predicted octanol–water partition coefficient (Wildman–Crippen LogP) is 4.39. The zero-order valence-electron chi connectivity index (χ0n) is 15.6. The van der Waals surface area contributed by atoms with Gasteiger partial charge in [0.25, 0.3) is 0 Å². The van der Waals surface area contributed by atoms with Gasteiger partial charge in [-0.15, -0.1) is 0 Å². The molecule has 0 spiro atoms. The fraction of sp³-hybridized carbons (Fsp3) is 0.316. The van der Waals surface area contributed by atoms with E-state index in [0.717, 1.165) is 16.5 Å². The minimum absolute atomic E-state index is 0.247. The van der Waals surface area contributed by atoms with E-state index in [1.54, 1.807) is 38.4 Å². The number of nitrogens with zero attached hydrogens (tertiary/aromatic N) is 2. The number of aromatic nitrogens is 3. The van der Waals surface area contributed by atoms with Crippen LogP contribution in [-0.2, 0) is 4.79 Å². The van der Waals surface area contributed by atoms with E-state index in [4.69, 9.17) is 11.6 Å². The van der Waals surface area contributed by atoms with E-state index in [9.17, 15) is 18.0 Å². The van der Waals surface area contributed by atoms with E-state index in [1.165, 1.54) is 12.4 Å². The van der Waals surface area contributed by atoms with E-state index in [2.05, 4.69) is 20.3 Å². The highest BCUT2D eigenvalue weighted by molar-refractivity contribution is 6.31. The van der Waals surface area contributed by atoms with Gasteiger partial charge in [0.15, 0.2) is 0 Å². The van der Waals surface area contributed by atoms with Crippen molar-refractivity contribution in [1.82, 2.24) is 20.3 Å². The third-order valence-corrected chi connectivity index (χ3v) is 4.49. The van der Waals surface area contributed by atoms with E-state index < -0.39 is 24.7 Å². The number of rotatable bonds is 6. The lowest BCUT2D eigenvalue weighted by Gasteiger charge is -2.23. The first-order valence-electron chi connectivity index (χ1n) is 8.83. The van der Waals surface area contributed by atoms with Crippen LogP contribution >= 0.6 is 11.6 Å². The zero-order chi connectivity index (χ0) is 21.2. The second-order valence-corrected chi connectivity index (χ2v) is 7.35. The van der Waals surface area contributed by atoms with E-state index in [0.29, 0.717) is 16.4 Å². The van der Waals surface area contributed by atoms with Crippen LogP contribution in [0.4, 0.5) is 18.9 Å². The van der Waals surface area contributed by atoms with Crippen molar-refractivity contribution in [3.05, 3.63) is 41.9 Å². The molecule has 3 rings (SSSR count). The van der Waals surface area contributed by atoms with Gasteiger partial charge in [-0.25, -0.2) is 4.98 Å². The smallest absolute Gasteiger partial charge is 0.372 e. The molecule has 3 N–H and O–H groups in total. The second-order valence-electron chi connectivity index (χ2n) is 6.91.